The zero-order valence-corrected chi connectivity index (χ0v) is 19.5. The summed E-state index contributed by atoms with van der Waals surface area (Å²) >= 11 is 0. The molecule has 5 rings (SSSR count). The first-order chi connectivity index (χ1) is 16.6. The summed E-state index contributed by atoms with van der Waals surface area (Å²) in [6, 6.07) is 28.3. The van der Waals surface area contributed by atoms with Crippen LogP contribution in [0.25, 0.3) is 21.8 Å². The zero-order valence-electron chi connectivity index (χ0n) is 18.7. The maximum Gasteiger partial charge on any atom is 0.268 e. The Labute approximate surface area is 199 Å². The van der Waals surface area contributed by atoms with Gasteiger partial charge in [-0.1, -0.05) is 54.6 Å². The lowest BCUT2D eigenvalue weighted by atomic mass is 10.2. The first-order valence-corrected chi connectivity index (χ1v) is 12.8. The summed E-state index contributed by atoms with van der Waals surface area (Å²) < 4.78 is 27.8. The molecule has 172 valence electrons. The van der Waals surface area contributed by atoms with E-state index in [9.17, 15) is 8.42 Å². The van der Waals surface area contributed by atoms with Crippen LogP contribution in [0.2, 0.25) is 0 Å². The van der Waals surface area contributed by atoms with Crippen LogP contribution in [0.3, 0.4) is 0 Å². The average molecular weight is 471 g/mol. The molecule has 0 radical (unpaired) electrons. The number of hydrogen-bond donors (Lipinski definition) is 2. The van der Waals surface area contributed by atoms with Crippen LogP contribution >= 0.6 is 0 Å². The molecule has 2 heterocycles. The number of aromatic nitrogens is 2. The Bertz CT molecular complexity index is 1530. The van der Waals surface area contributed by atoms with Gasteiger partial charge in [-0.2, -0.15) is 0 Å². The molecule has 0 amide bonds. The lowest BCUT2D eigenvalue weighted by molar-refractivity contribution is 0.588. The van der Waals surface area contributed by atoms with E-state index >= 15 is 0 Å². The van der Waals surface area contributed by atoms with Crippen molar-refractivity contribution >= 4 is 37.6 Å². The van der Waals surface area contributed by atoms with Gasteiger partial charge in [0, 0.05) is 30.1 Å². The van der Waals surface area contributed by atoms with Crippen LogP contribution in [0.1, 0.15) is 12.0 Å². The van der Waals surface area contributed by atoms with Gasteiger partial charge in [0.2, 0.25) is 0 Å². The standard InChI is InChI=1S/C27H26N4O2S/c32-34(33,23-10-2-1-3-11-23)31-20-22(24-12-5-7-14-26(24)31)19-28-17-8-18-29-27-16-15-21-9-4-6-13-25(21)30-27/h1-7,9-16,20,28H,8,17-19H2,(H,29,30). The minimum Gasteiger partial charge on any atom is -0.370 e. The normalized spacial score (nSPS) is 11.8. The van der Waals surface area contributed by atoms with Crippen LogP contribution < -0.4 is 10.6 Å². The highest BCUT2D eigenvalue weighted by Gasteiger charge is 2.20. The Morgan fingerprint density at radius 1 is 0.794 bits per heavy atom. The van der Waals surface area contributed by atoms with Crippen molar-refractivity contribution < 1.29 is 8.42 Å². The van der Waals surface area contributed by atoms with Crippen molar-refractivity contribution in [1.82, 2.24) is 14.3 Å². The Morgan fingerprint density at radius 3 is 2.44 bits per heavy atom. The highest BCUT2D eigenvalue weighted by Crippen LogP contribution is 2.26. The largest absolute Gasteiger partial charge is 0.370 e. The molecule has 3 aromatic carbocycles. The van der Waals surface area contributed by atoms with Crippen molar-refractivity contribution in [3.05, 3.63) is 103 Å². The first-order valence-electron chi connectivity index (χ1n) is 11.3. The van der Waals surface area contributed by atoms with Crippen molar-refractivity contribution in [3.8, 4) is 0 Å². The average Bonchev–Trinajstić information content (AvgIpc) is 3.26. The Morgan fingerprint density at radius 2 is 1.56 bits per heavy atom. The zero-order chi connectivity index (χ0) is 23.4. The molecule has 2 N–H and O–H groups in total. The van der Waals surface area contributed by atoms with E-state index in [4.69, 9.17) is 0 Å². The van der Waals surface area contributed by atoms with Crippen LogP contribution in [0.4, 0.5) is 5.82 Å². The molecule has 0 aliphatic heterocycles. The number of fused-ring (bicyclic) bond motifs is 2. The summed E-state index contributed by atoms with van der Waals surface area (Å²) in [6.45, 7) is 2.18. The van der Waals surface area contributed by atoms with Gasteiger partial charge in [-0.25, -0.2) is 17.4 Å². The minimum absolute atomic E-state index is 0.281. The second-order valence-corrected chi connectivity index (χ2v) is 9.95. The van der Waals surface area contributed by atoms with Gasteiger partial charge in [-0.3, -0.25) is 0 Å². The quantitative estimate of drug-likeness (QED) is 0.296. The van der Waals surface area contributed by atoms with E-state index in [2.05, 4.69) is 27.8 Å². The molecule has 0 aliphatic carbocycles. The van der Waals surface area contributed by atoms with Crippen LogP contribution in [-0.2, 0) is 16.6 Å². The molecule has 5 aromatic rings. The van der Waals surface area contributed by atoms with Gasteiger partial charge >= 0.3 is 0 Å². The predicted molar refractivity (Wildman–Crippen MR) is 138 cm³/mol. The third-order valence-electron chi connectivity index (χ3n) is 5.81. The van der Waals surface area contributed by atoms with Crippen molar-refractivity contribution in [2.75, 3.05) is 18.4 Å². The molecular weight excluding hydrogens is 444 g/mol. The monoisotopic (exact) mass is 470 g/mol. The lowest BCUT2D eigenvalue weighted by Gasteiger charge is -2.08. The Hall–Kier alpha value is -3.68. The number of benzene rings is 3. The van der Waals surface area contributed by atoms with Crippen molar-refractivity contribution in [2.24, 2.45) is 0 Å². The molecule has 7 heteroatoms. The van der Waals surface area contributed by atoms with E-state index in [0.717, 1.165) is 47.2 Å². The van der Waals surface area contributed by atoms with E-state index in [-0.39, 0.29) is 4.90 Å². The van der Waals surface area contributed by atoms with Gasteiger partial charge in [-0.15, -0.1) is 0 Å². The maximum atomic E-state index is 13.2. The van der Waals surface area contributed by atoms with Crippen LogP contribution in [0, 0.1) is 0 Å². The molecule has 0 saturated carbocycles. The maximum absolute atomic E-state index is 13.2. The molecule has 0 aliphatic rings. The van der Waals surface area contributed by atoms with Gasteiger partial charge in [-0.05, 0) is 54.9 Å². The molecular formula is C27H26N4O2S. The van der Waals surface area contributed by atoms with Crippen LogP contribution in [-0.4, -0.2) is 30.5 Å². The fourth-order valence-electron chi connectivity index (χ4n) is 4.08. The summed E-state index contributed by atoms with van der Waals surface area (Å²) in [5, 5.41) is 8.88. The van der Waals surface area contributed by atoms with Gasteiger partial charge in [0.15, 0.2) is 0 Å². The summed E-state index contributed by atoms with van der Waals surface area (Å²) in [6.07, 6.45) is 2.65. The lowest BCUT2D eigenvalue weighted by Crippen LogP contribution is -2.18. The molecule has 6 nitrogen and oxygen atoms in total. The van der Waals surface area contributed by atoms with Gasteiger partial charge in [0.05, 0.1) is 15.9 Å². The second-order valence-electron chi connectivity index (χ2n) is 8.13. The predicted octanol–water partition coefficient (Wildman–Crippen LogP) is 5.02. The van der Waals surface area contributed by atoms with Crippen molar-refractivity contribution in [1.29, 1.82) is 0 Å². The summed E-state index contributed by atoms with van der Waals surface area (Å²) in [5.41, 5.74) is 2.62. The van der Waals surface area contributed by atoms with Crippen molar-refractivity contribution in [2.45, 2.75) is 17.9 Å². The number of pyridine rings is 1. The Balaban J connectivity index is 1.21. The third-order valence-corrected chi connectivity index (χ3v) is 7.50. The van der Waals surface area contributed by atoms with E-state index in [1.807, 2.05) is 54.6 Å². The van der Waals surface area contributed by atoms with E-state index in [0.29, 0.717) is 12.1 Å². The van der Waals surface area contributed by atoms with Gasteiger partial charge < -0.3 is 10.6 Å². The highest BCUT2D eigenvalue weighted by atomic mass is 32.2. The first kappa shape index (κ1) is 22.1. The van der Waals surface area contributed by atoms with Crippen LogP contribution in [0.5, 0.6) is 0 Å². The SMILES string of the molecule is O=S(=O)(c1ccccc1)n1cc(CNCCCNc2ccc3ccccc3n2)c2ccccc21. The number of hydrogen-bond acceptors (Lipinski definition) is 5. The van der Waals surface area contributed by atoms with Crippen LogP contribution in [0.15, 0.2) is 102 Å². The van der Waals surface area contributed by atoms with Gasteiger partial charge in [0.25, 0.3) is 10.0 Å². The second kappa shape index (κ2) is 9.67. The molecule has 34 heavy (non-hydrogen) atoms. The Kier molecular flexibility index (Phi) is 6.29. The van der Waals surface area contributed by atoms with Gasteiger partial charge in [0.1, 0.15) is 5.82 Å². The molecule has 0 fully saturated rings. The molecule has 0 bridgehead atoms. The molecule has 0 unspecified atom stereocenters. The fraction of sp³-hybridized carbons (Fsp3) is 0.148. The summed E-state index contributed by atoms with van der Waals surface area (Å²) in [4.78, 5) is 4.92. The molecule has 0 atom stereocenters. The summed E-state index contributed by atoms with van der Waals surface area (Å²) in [7, 11) is -3.66. The van der Waals surface area contributed by atoms with E-state index in [1.54, 1.807) is 30.5 Å². The van der Waals surface area contributed by atoms with Crippen molar-refractivity contribution in [3.63, 3.8) is 0 Å². The number of rotatable bonds is 9. The fourth-order valence-corrected chi connectivity index (χ4v) is 5.49. The number of anilines is 1. The van der Waals surface area contributed by atoms with E-state index in [1.165, 1.54) is 3.97 Å². The smallest absolute Gasteiger partial charge is 0.268 e. The van der Waals surface area contributed by atoms with E-state index < -0.39 is 10.0 Å². The number of nitrogens with zero attached hydrogens (tertiary/aromatic N) is 2. The molecule has 0 saturated heterocycles. The molecule has 2 aromatic heterocycles. The highest BCUT2D eigenvalue weighted by molar-refractivity contribution is 7.90. The third kappa shape index (κ3) is 4.53. The summed E-state index contributed by atoms with van der Waals surface area (Å²) in [5.74, 6) is 0.868. The minimum atomic E-state index is -3.66. The topological polar surface area (TPSA) is 76.0 Å². The molecule has 0 spiro atoms. The number of nitrogens with one attached hydrogen (secondary N) is 2. The number of para-hydroxylation sites is 2.